The van der Waals surface area contributed by atoms with E-state index in [2.05, 4.69) is 20.5 Å². The molecule has 36 valence electrons. The monoisotopic (exact) mass is 273 g/mol. The molecule has 0 radical (unpaired) electrons. The van der Waals surface area contributed by atoms with Crippen molar-refractivity contribution >= 4 is 5.56 Å². The van der Waals surface area contributed by atoms with Crippen LogP contribution in [0.3, 0.4) is 0 Å². The van der Waals surface area contributed by atoms with Gasteiger partial charge in [0, 0.05) is 0 Å². The van der Waals surface area contributed by atoms with Gasteiger partial charge in [0.15, 0.2) is 0 Å². The molecule has 0 N–H and O–H groups in total. The third-order valence-corrected chi connectivity index (χ3v) is 6.73. The van der Waals surface area contributed by atoms with Gasteiger partial charge in [-0.3, -0.25) is 0 Å². The van der Waals surface area contributed by atoms with E-state index >= 15 is 0 Å². The van der Waals surface area contributed by atoms with E-state index in [1.807, 2.05) is 0 Å². The van der Waals surface area contributed by atoms with Crippen LogP contribution in [-0.4, -0.2) is 12.3 Å². The van der Waals surface area contributed by atoms with Crippen LogP contribution >= 0.6 is 5.56 Å². The molecule has 0 saturated carbocycles. The summed E-state index contributed by atoms with van der Waals surface area (Å²) in [6, 6.07) is 0. The van der Waals surface area contributed by atoms with E-state index in [4.69, 9.17) is 0 Å². The summed E-state index contributed by atoms with van der Waals surface area (Å²) in [7, 11) is 0. The molecule has 0 saturated heterocycles. The van der Waals surface area contributed by atoms with Crippen molar-refractivity contribution in [2.24, 2.45) is 0 Å². The van der Waals surface area contributed by atoms with Crippen molar-refractivity contribution in [1.82, 2.24) is 0 Å². The van der Waals surface area contributed by atoms with Gasteiger partial charge >= 0.3 is 50.5 Å². The minimum absolute atomic E-state index is 0.424. The van der Waals surface area contributed by atoms with Gasteiger partial charge in [0.25, 0.3) is 0 Å². The van der Waals surface area contributed by atoms with Crippen molar-refractivity contribution in [2.75, 3.05) is 6.66 Å². The van der Waals surface area contributed by atoms with E-state index in [0.717, 1.165) is 5.66 Å². The van der Waals surface area contributed by atoms with Gasteiger partial charge in [-0.05, 0) is 0 Å². The molecule has 0 nitrogen and oxygen atoms in total. The Morgan fingerprint density at radius 1 is 1.50 bits per heavy atom. The summed E-state index contributed by atoms with van der Waals surface area (Å²) < 4.78 is 0. The van der Waals surface area contributed by atoms with Crippen LogP contribution in [0.4, 0.5) is 0 Å². The Balaban J connectivity index is 3.26. The van der Waals surface area contributed by atoms with Gasteiger partial charge in [-0.15, -0.1) is 0 Å². The first-order valence-corrected chi connectivity index (χ1v) is 7.75. The van der Waals surface area contributed by atoms with Crippen LogP contribution in [0.25, 0.3) is 0 Å². The van der Waals surface area contributed by atoms with Gasteiger partial charge in [0.05, 0.1) is 0 Å². The summed E-state index contributed by atoms with van der Waals surface area (Å²) in [4.78, 5) is 0. The minimum atomic E-state index is 0.424. The molecule has 0 aromatic carbocycles. The Bertz CT molecular complexity index is 58.6. The van der Waals surface area contributed by atoms with E-state index in [9.17, 15) is 0 Å². The molecule has 0 aliphatic heterocycles. The Morgan fingerprint density at radius 3 is 1.67 bits per heavy atom. The maximum absolute atomic E-state index is 2.34. The third kappa shape index (κ3) is 3.19. The van der Waals surface area contributed by atoms with E-state index in [0.29, 0.717) is 5.56 Å². The Labute approximate surface area is 50.9 Å². The third-order valence-electron chi connectivity index (χ3n) is 0.727. The second-order valence-electron chi connectivity index (χ2n) is 1.64. The van der Waals surface area contributed by atoms with Crippen molar-refractivity contribution in [1.29, 1.82) is 0 Å². The molecule has 0 fully saturated rings. The molecule has 0 heterocycles. The second-order valence-corrected chi connectivity index (χ2v) is 9.97. The van der Waals surface area contributed by atoms with Crippen LogP contribution in [-0.2, 0) is 18.8 Å². The molecule has 0 aromatic rings. The van der Waals surface area contributed by atoms with Crippen LogP contribution in [0.1, 0.15) is 13.8 Å². The van der Waals surface area contributed by atoms with E-state index < -0.39 is 0 Å². The number of hydrogen-bond donors (Lipinski definition) is 0. The summed E-state index contributed by atoms with van der Waals surface area (Å²) in [6.07, 6.45) is 0. The normalized spacial score (nSPS) is 12.3. The van der Waals surface area contributed by atoms with E-state index in [1.165, 1.54) is 0 Å². The summed E-state index contributed by atoms with van der Waals surface area (Å²) in [5, 5.41) is 0. The van der Waals surface area contributed by atoms with Crippen molar-refractivity contribution in [3.8, 4) is 0 Å². The fraction of sp³-hybridized carbons (Fsp3) is 1.00. The summed E-state index contributed by atoms with van der Waals surface area (Å²) in [5.74, 6) is 0. The molecule has 6 heavy (non-hydrogen) atoms. The van der Waals surface area contributed by atoms with E-state index in [-0.39, 0.29) is 0 Å². The van der Waals surface area contributed by atoms with Crippen LogP contribution < -0.4 is 0 Å². The molecule has 1 unspecified atom stereocenters. The molecule has 2 heteroatoms. The fourth-order valence-electron chi connectivity index (χ4n) is 0. The molecule has 0 spiro atoms. The van der Waals surface area contributed by atoms with Crippen LogP contribution in [0.5, 0.6) is 0 Å². The number of rotatable bonds is 1. The summed E-state index contributed by atoms with van der Waals surface area (Å²) in [5.41, 5.74) is 1.38. The molecule has 1 atom stereocenters. The number of hydrogen-bond acceptors (Lipinski definition) is 0. The van der Waals surface area contributed by atoms with Crippen molar-refractivity contribution in [2.45, 2.75) is 19.5 Å². The Kier molecular flexibility index (Phi) is 3.55. The first-order valence-electron chi connectivity index (χ1n) is 2.04. The van der Waals surface area contributed by atoms with Crippen molar-refractivity contribution in [3.63, 3.8) is 0 Å². The molecule has 0 amide bonds. The predicted octanol–water partition coefficient (Wildman–Crippen LogP) is 1.97. The zero-order valence-corrected chi connectivity index (χ0v) is 8.26. The first-order chi connectivity index (χ1) is 2.64. The molecule has 0 aliphatic rings. The molecular formula is C4H10PW+. The van der Waals surface area contributed by atoms with Crippen LogP contribution in [0.2, 0.25) is 0 Å². The second kappa shape index (κ2) is 3.05. The first kappa shape index (κ1) is 6.99. The quantitative estimate of drug-likeness (QED) is 0.641. The van der Waals surface area contributed by atoms with Crippen LogP contribution in [0, 0.1) is 0 Å². The molecule has 0 aliphatic carbocycles. The predicted molar refractivity (Wildman–Crippen MR) is 28.0 cm³/mol. The standard InChI is InChI=1S/C4H10P.W/c1-4(2)5-3;/h4H,1-3H3;/q-1;+2. The molecule has 0 rings (SSSR count). The topological polar surface area (TPSA) is 0 Å². The average molecular weight is 273 g/mol. The Hall–Kier alpha value is 0.988. The zero-order valence-electron chi connectivity index (χ0n) is 4.43. The fourth-order valence-corrected chi connectivity index (χ4v) is 0. The molecule has 0 bridgehead atoms. The summed E-state index contributed by atoms with van der Waals surface area (Å²) >= 11 is 1.77. The van der Waals surface area contributed by atoms with Gasteiger partial charge < -0.3 is 0 Å². The SMILES string of the molecule is CC(C)[P+](C)=[W]. The van der Waals surface area contributed by atoms with Crippen molar-refractivity contribution in [3.05, 3.63) is 0 Å². The van der Waals surface area contributed by atoms with Gasteiger partial charge in [0.2, 0.25) is 0 Å². The van der Waals surface area contributed by atoms with Crippen LogP contribution in [0.15, 0.2) is 0 Å². The van der Waals surface area contributed by atoms with Gasteiger partial charge in [0.1, 0.15) is 0 Å². The van der Waals surface area contributed by atoms with Gasteiger partial charge in [-0.1, -0.05) is 0 Å². The zero-order chi connectivity index (χ0) is 5.15. The summed E-state index contributed by atoms with van der Waals surface area (Å²) in [6.45, 7) is 6.92. The average Bonchev–Trinajstić information content (AvgIpc) is 1.36. The molecule has 0 aromatic heterocycles. The maximum atomic E-state index is 2.34. The van der Waals surface area contributed by atoms with E-state index in [1.54, 1.807) is 18.8 Å². The van der Waals surface area contributed by atoms with Crippen molar-refractivity contribution < 1.29 is 18.8 Å². The Morgan fingerprint density at radius 2 is 1.67 bits per heavy atom. The molecular weight excluding hydrogens is 263 g/mol. The van der Waals surface area contributed by atoms with Gasteiger partial charge in [-0.2, -0.15) is 0 Å². The van der Waals surface area contributed by atoms with Gasteiger partial charge in [-0.25, -0.2) is 0 Å².